The molecule has 7 heteroatoms. The molecule has 1 aliphatic heterocycles. The summed E-state index contributed by atoms with van der Waals surface area (Å²) in [5, 5.41) is 6.29. The molecule has 0 atom stereocenters. The Bertz CT molecular complexity index is 589. The van der Waals surface area contributed by atoms with Gasteiger partial charge in [0.15, 0.2) is 11.7 Å². The molecule has 2 N–H and O–H groups in total. The van der Waals surface area contributed by atoms with Crippen molar-refractivity contribution in [3.63, 3.8) is 0 Å². The van der Waals surface area contributed by atoms with Gasteiger partial charge in [-0.05, 0) is 25.3 Å². The number of nitrogens with zero attached hydrogens (tertiary/aromatic N) is 3. The molecule has 26 heavy (non-hydrogen) atoms. The largest absolute Gasteiger partial charge is 0.459 e. The maximum Gasteiger partial charge on any atom is 0.287 e. The van der Waals surface area contributed by atoms with Crippen LogP contribution >= 0.6 is 0 Å². The number of carbonyl (C=O) groups is 1. The number of rotatable bonds is 7. The molecule has 0 saturated carbocycles. The summed E-state index contributed by atoms with van der Waals surface area (Å²) in [5.41, 5.74) is 0.859. The molecule has 0 spiro atoms. The summed E-state index contributed by atoms with van der Waals surface area (Å²) >= 11 is 0. The fraction of sp³-hybridized carbons (Fsp3) is 0.684. The Hall–Kier alpha value is -2.02. The molecule has 2 rings (SSSR count). The van der Waals surface area contributed by atoms with Crippen molar-refractivity contribution in [3.05, 3.63) is 23.7 Å². The van der Waals surface area contributed by atoms with Crippen LogP contribution in [0, 0.1) is 12.8 Å². The molecule has 146 valence electrons. The van der Waals surface area contributed by atoms with Gasteiger partial charge in [-0.25, -0.2) is 0 Å². The van der Waals surface area contributed by atoms with Crippen LogP contribution in [0.1, 0.15) is 36.4 Å². The Kier molecular flexibility index (Phi) is 7.97. The van der Waals surface area contributed by atoms with Gasteiger partial charge in [-0.3, -0.25) is 14.7 Å². The fourth-order valence-corrected chi connectivity index (χ4v) is 3.17. The molecule has 0 aromatic carbocycles. The number of aliphatic imine (C=N–C) groups is 1. The summed E-state index contributed by atoms with van der Waals surface area (Å²) in [4.78, 5) is 21.2. The van der Waals surface area contributed by atoms with Crippen molar-refractivity contribution in [2.45, 2.75) is 27.2 Å². The van der Waals surface area contributed by atoms with E-state index in [1.165, 1.54) is 6.26 Å². The number of nitrogens with one attached hydrogen (secondary N) is 2. The molecule has 1 aromatic rings. The highest BCUT2D eigenvalue weighted by Crippen LogP contribution is 2.08. The third-order valence-corrected chi connectivity index (χ3v) is 4.50. The van der Waals surface area contributed by atoms with E-state index >= 15 is 0 Å². The highest BCUT2D eigenvalue weighted by molar-refractivity contribution is 5.92. The second-order valence-corrected chi connectivity index (χ2v) is 7.20. The molecule has 7 nitrogen and oxygen atoms in total. The van der Waals surface area contributed by atoms with Gasteiger partial charge in [0, 0.05) is 58.4 Å². The van der Waals surface area contributed by atoms with Gasteiger partial charge in [0.25, 0.3) is 5.91 Å². The predicted octanol–water partition coefficient (Wildman–Crippen LogP) is 1.56. The molecule has 1 aliphatic rings. The second kappa shape index (κ2) is 10.2. The Morgan fingerprint density at radius 3 is 2.50 bits per heavy atom. The van der Waals surface area contributed by atoms with Gasteiger partial charge < -0.3 is 20.0 Å². The first-order valence-electron chi connectivity index (χ1n) is 9.51. The van der Waals surface area contributed by atoms with E-state index in [0.29, 0.717) is 18.2 Å². The van der Waals surface area contributed by atoms with Crippen molar-refractivity contribution in [2.24, 2.45) is 10.9 Å². The number of guanidine groups is 1. The van der Waals surface area contributed by atoms with Crippen molar-refractivity contribution >= 4 is 11.9 Å². The van der Waals surface area contributed by atoms with Crippen LogP contribution in [-0.2, 0) is 0 Å². The highest BCUT2D eigenvalue weighted by Gasteiger charge is 2.19. The van der Waals surface area contributed by atoms with Crippen molar-refractivity contribution < 1.29 is 9.21 Å². The van der Waals surface area contributed by atoms with E-state index in [1.54, 1.807) is 6.07 Å². The van der Waals surface area contributed by atoms with Crippen LogP contribution in [0.2, 0.25) is 0 Å². The lowest BCUT2D eigenvalue weighted by Crippen LogP contribution is -2.53. The van der Waals surface area contributed by atoms with E-state index in [9.17, 15) is 4.79 Å². The second-order valence-electron chi connectivity index (χ2n) is 7.20. The number of furan rings is 1. The molecule has 1 aromatic heterocycles. The van der Waals surface area contributed by atoms with Crippen molar-refractivity contribution in [3.8, 4) is 0 Å². The van der Waals surface area contributed by atoms with Crippen LogP contribution in [0.25, 0.3) is 0 Å². The Labute approximate surface area is 156 Å². The summed E-state index contributed by atoms with van der Waals surface area (Å²) in [6, 6.07) is 1.79. The molecule has 1 saturated heterocycles. The molecule has 0 aliphatic carbocycles. The van der Waals surface area contributed by atoms with Crippen LogP contribution in [-0.4, -0.2) is 74.5 Å². The SMILES string of the molecule is CN=C(NCCCNC(=O)c1occc1C)N1CCN(CC(C)C)CC1. The predicted molar refractivity (Wildman–Crippen MR) is 105 cm³/mol. The average Bonchev–Trinajstić information content (AvgIpc) is 3.04. The zero-order valence-electron chi connectivity index (χ0n) is 16.5. The van der Waals surface area contributed by atoms with Gasteiger partial charge >= 0.3 is 0 Å². The van der Waals surface area contributed by atoms with E-state index in [-0.39, 0.29) is 5.91 Å². The highest BCUT2D eigenvalue weighted by atomic mass is 16.3. The van der Waals surface area contributed by atoms with E-state index in [4.69, 9.17) is 4.42 Å². The van der Waals surface area contributed by atoms with Crippen LogP contribution in [0.3, 0.4) is 0 Å². The maximum absolute atomic E-state index is 12.0. The first kappa shape index (κ1) is 20.3. The molecule has 1 fully saturated rings. The minimum Gasteiger partial charge on any atom is -0.459 e. The minimum absolute atomic E-state index is 0.154. The molecule has 2 heterocycles. The number of carbonyl (C=O) groups excluding carboxylic acids is 1. The van der Waals surface area contributed by atoms with E-state index in [0.717, 1.165) is 57.2 Å². The number of piperazine rings is 1. The Morgan fingerprint density at radius 2 is 1.92 bits per heavy atom. The summed E-state index contributed by atoms with van der Waals surface area (Å²) in [6.07, 6.45) is 2.37. The average molecular weight is 364 g/mol. The Morgan fingerprint density at radius 1 is 1.23 bits per heavy atom. The Balaban J connectivity index is 1.64. The van der Waals surface area contributed by atoms with Gasteiger partial charge in [0.1, 0.15) is 0 Å². The van der Waals surface area contributed by atoms with Crippen LogP contribution < -0.4 is 10.6 Å². The number of amides is 1. The van der Waals surface area contributed by atoms with E-state index < -0.39 is 0 Å². The zero-order valence-corrected chi connectivity index (χ0v) is 16.5. The lowest BCUT2D eigenvalue weighted by molar-refractivity contribution is 0.0925. The minimum atomic E-state index is -0.154. The van der Waals surface area contributed by atoms with Gasteiger partial charge in [0.2, 0.25) is 0 Å². The van der Waals surface area contributed by atoms with Gasteiger partial charge in [-0.2, -0.15) is 0 Å². The summed E-state index contributed by atoms with van der Waals surface area (Å²) < 4.78 is 5.19. The zero-order chi connectivity index (χ0) is 18.9. The quantitative estimate of drug-likeness (QED) is 0.437. The van der Waals surface area contributed by atoms with Crippen molar-refractivity contribution in [1.29, 1.82) is 0 Å². The van der Waals surface area contributed by atoms with Crippen molar-refractivity contribution in [2.75, 3.05) is 52.9 Å². The van der Waals surface area contributed by atoms with Gasteiger partial charge in [-0.1, -0.05) is 13.8 Å². The van der Waals surface area contributed by atoms with Crippen LogP contribution in [0.4, 0.5) is 0 Å². The van der Waals surface area contributed by atoms with Crippen LogP contribution in [0.15, 0.2) is 21.7 Å². The van der Waals surface area contributed by atoms with Crippen molar-refractivity contribution in [1.82, 2.24) is 20.4 Å². The molecule has 1 amide bonds. The molecule has 0 unspecified atom stereocenters. The molecule has 0 bridgehead atoms. The smallest absolute Gasteiger partial charge is 0.287 e. The summed E-state index contributed by atoms with van der Waals surface area (Å²) in [6.45, 7) is 13.1. The van der Waals surface area contributed by atoms with Gasteiger partial charge in [-0.15, -0.1) is 0 Å². The summed E-state index contributed by atoms with van der Waals surface area (Å²) in [7, 11) is 1.82. The lowest BCUT2D eigenvalue weighted by Gasteiger charge is -2.37. The summed E-state index contributed by atoms with van der Waals surface area (Å²) in [5.74, 6) is 1.90. The number of hydrogen-bond acceptors (Lipinski definition) is 4. The van der Waals surface area contributed by atoms with Gasteiger partial charge in [0.05, 0.1) is 6.26 Å². The normalized spacial score (nSPS) is 16.2. The monoisotopic (exact) mass is 363 g/mol. The van der Waals surface area contributed by atoms with E-state index in [1.807, 2.05) is 14.0 Å². The maximum atomic E-state index is 12.0. The number of hydrogen-bond donors (Lipinski definition) is 2. The third kappa shape index (κ3) is 6.05. The third-order valence-electron chi connectivity index (χ3n) is 4.50. The number of aryl methyl sites for hydroxylation is 1. The fourth-order valence-electron chi connectivity index (χ4n) is 3.17. The first-order chi connectivity index (χ1) is 12.5. The molecular weight excluding hydrogens is 330 g/mol. The topological polar surface area (TPSA) is 73.1 Å². The van der Waals surface area contributed by atoms with Crippen LogP contribution in [0.5, 0.6) is 0 Å². The molecule has 0 radical (unpaired) electrons. The molecular formula is C19H33N5O2. The van der Waals surface area contributed by atoms with E-state index in [2.05, 4.69) is 39.3 Å². The first-order valence-corrected chi connectivity index (χ1v) is 9.51. The lowest BCUT2D eigenvalue weighted by atomic mass is 10.2. The standard InChI is InChI=1S/C19H33N5O2/c1-15(2)14-23-9-11-24(12-10-23)19(20-4)22-8-5-7-21-18(25)17-16(3)6-13-26-17/h6,13,15H,5,7-12,14H2,1-4H3,(H,20,22)(H,21,25).